The van der Waals surface area contributed by atoms with Crippen LogP contribution >= 0.6 is 0 Å². The molecule has 0 spiro atoms. The van der Waals surface area contributed by atoms with Gasteiger partial charge in [-0.3, -0.25) is 9.59 Å². The van der Waals surface area contributed by atoms with E-state index in [1.807, 2.05) is 0 Å². The van der Waals surface area contributed by atoms with Crippen molar-refractivity contribution in [2.45, 2.75) is 37.6 Å². The van der Waals surface area contributed by atoms with E-state index in [0.717, 1.165) is 0 Å². The highest BCUT2D eigenvalue weighted by Crippen LogP contribution is 2.31. The van der Waals surface area contributed by atoms with Crippen molar-refractivity contribution >= 4 is 12.2 Å². The van der Waals surface area contributed by atoms with Gasteiger partial charge in [0.25, 0.3) is 0 Å². The molecule has 1 aliphatic heterocycles. The van der Waals surface area contributed by atoms with Crippen LogP contribution in [0.25, 0.3) is 0 Å². The van der Waals surface area contributed by atoms with E-state index in [1.54, 1.807) is 0 Å². The minimum atomic E-state index is -1.42. The SMILES string of the molecule is COc1cc(C=O)ccc1O[C@@H]1O[C@H](CO)[C@H](O)[C@@H](O)[C@H]1NC(C)=O. The molecule has 1 amide bonds. The van der Waals surface area contributed by atoms with Gasteiger partial charge >= 0.3 is 0 Å². The maximum atomic E-state index is 11.4. The predicted molar refractivity (Wildman–Crippen MR) is 84.4 cm³/mol. The molecule has 0 aliphatic carbocycles. The van der Waals surface area contributed by atoms with Crippen LogP contribution in [0.3, 0.4) is 0 Å². The van der Waals surface area contributed by atoms with Gasteiger partial charge in [0.05, 0.1) is 13.7 Å². The second-order valence-corrected chi connectivity index (χ2v) is 5.58. The van der Waals surface area contributed by atoms with Crippen LogP contribution < -0.4 is 14.8 Å². The fourth-order valence-electron chi connectivity index (χ4n) is 2.55. The molecule has 0 radical (unpaired) electrons. The van der Waals surface area contributed by atoms with Crippen LogP contribution in [0, 0.1) is 0 Å². The fraction of sp³-hybridized carbons (Fsp3) is 0.500. The molecule has 2 rings (SSSR count). The van der Waals surface area contributed by atoms with Gasteiger partial charge in [-0.15, -0.1) is 0 Å². The van der Waals surface area contributed by atoms with Gasteiger partial charge in [-0.1, -0.05) is 0 Å². The average Bonchev–Trinajstić information content (AvgIpc) is 2.61. The number of carbonyl (C=O) groups excluding carboxylic acids is 2. The molecular weight excluding hydrogens is 334 g/mol. The molecule has 1 aromatic carbocycles. The highest BCUT2D eigenvalue weighted by molar-refractivity contribution is 5.76. The second-order valence-electron chi connectivity index (χ2n) is 5.58. The lowest BCUT2D eigenvalue weighted by Crippen LogP contribution is -2.65. The number of methoxy groups -OCH3 is 1. The Morgan fingerprint density at radius 2 is 2.04 bits per heavy atom. The highest BCUT2D eigenvalue weighted by atomic mass is 16.7. The number of hydrogen-bond donors (Lipinski definition) is 4. The molecule has 0 aromatic heterocycles. The van der Waals surface area contributed by atoms with Crippen molar-refractivity contribution in [3.8, 4) is 11.5 Å². The Bertz CT molecular complexity index is 622. The van der Waals surface area contributed by atoms with Crippen molar-refractivity contribution in [2.75, 3.05) is 13.7 Å². The lowest BCUT2D eigenvalue weighted by molar-refractivity contribution is -0.244. The zero-order chi connectivity index (χ0) is 18.6. The van der Waals surface area contributed by atoms with E-state index in [-0.39, 0.29) is 11.5 Å². The van der Waals surface area contributed by atoms with Crippen LogP contribution in [0.5, 0.6) is 11.5 Å². The van der Waals surface area contributed by atoms with Gasteiger partial charge in [-0.25, -0.2) is 0 Å². The summed E-state index contributed by atoms with van der Waals surface area (Å²) < 4.78 is 16.3. The van der Waals surface area contributed by atoms with Gasteiger partial charge in [0.15, 0.2) is 11.5 Å². The van der Waals surface area contributed by atoms with Crippen molar-refractivity contribution in [1.29, 1.82) is 0 Å². The van der Waals surface area contributed by atoms with Gasteiger partial charge in [0.2, 0.25) is 12.2 Å². The summed E-state index contributed by atoms with van der Waals surface area (Å²) in [6.07, 6.45) is -4.47. The Kier molecular flexibility index (Phi) is 6.32. The number of aldehydes is 1. The van der Waals surface area contributed by atoms with Crippen LogP contribution in [-0.2, 0) is 9.53 Å². The van der Waals surface area contributed by atoms with E-state index in [9.17, 15) is 24.9 Å². The van der Waals surface area contributed by atoms with E-state index in [4.69, 9.17) is 14.2 Å². The van der Waals surface area contributed by atoms with Gasteiger partial charge in [-0.2, -0.15) is 0 Å². The molecule has 0 saturated carbocycles. The first-order valence-electron chi connectivity index (χ1n) is 7.60. The van der Waals surface area contributed by atoms with E-state index in [1.165, 1.54) is 32.2 Å². The smallest absolute Gasteiger partial charge is 0.223 e. The molecule has 9 nitrogen and oxygen atoms in total. The fourth-order valence-corrected chi connectivity index (χ4v) is 2.55. The Morgan fingerprint density at radius 1 is 1.32 bits per heavy atom. The normalized spacial score (nSPS) is 28.9. The minimum absolute atomic E-state index is 0.203. The number of ether oxygens (including phenoxy) is 3. The summed E-state index contributed by atoms with van der Waals surface area (Å²) in [4.78, 5) is 22.2. The molecule has 0 unspecified atom stereocenters. The lowest BCUT2D eigenvalue weighted by atomic mass is 9.97. The largest absolute Gasteiger partial charge is 0.493 e. The average molecular weight is 355 g/mol. The van der Waals surface area contributed by atoms with Crippen LogP contribution in [0.4, 0.5) is 0 Å². The summed E-state index contributed by atoms with van der Waals surface area (Å²) in [5.74, 6) is -0.0103. The van der Waals surface area contributed by atoms with Crippen molar-refractivity contribution < 1.29 is 39.1 Å². The van der Waals surface area contributed by atoms with Gasteiger partial charge in [-0.05, 0) is 18.2 Å². The number of rotatable bonds is 6. The summed E-state index contributed by atoms with van der Waals surface area (Å²) in [7, 11) is 1.39. The molecule has 4 N–H and O–H groups in total. The van der Waals surface area contributed by atoms with Gasteiger partial charge in [0.1, 0.15) is 30.6 Å². The summed E-state index contributed by atoms with van der Waals surface area (Å²) in [6.45, 7) is 0.694. The molecule has 138 valence electrons. The van der Waals surface area contributed by atoms with Crippen LogP contribution in [0.2, 0.25) is 0 Å². The van der Waals surface area contributed by atoms with Crippen molar-refractivity contribution in [3.63, 3.8) is 0 Å². The summed E-state index contributed by atoms with van der Waals surface area (Å²) in [5, 5.41) is 32.0. The third-order valence-corrected chi connectivity index (χ3v) is 3.82. The number of aliphatic hydroxyl groups excluding tert-OH is 3. The number of nitrogens with one attached hydrogen (secondary N) is 1. The van der Waals surface area contributed by atoms with Gasteiger partial charge in [0, 0.05) is 12.5 Å². The maximum Gasteiger partial charge on any atom is 0.223 e. The van der Waals surface area contributed by atoms with Crippen LogP contribution in [0.15, 0.2) is 18.2 Å². The van der Waals surface area contributed by atoms with Crippen molar-refractivity contribution in [2.24, 2.45) is 0 Å². The number of aliphatic hydroxyl groups is 3. The molecule has 1 heterocycles. The molecular formula is C16H21NO8. The number of carbonyl (C=O) groups is 2. The topological polar surface area (TPSA) is 135 Å². The van der Waals surface area contributed by atoms with Crippen molar-refractivity contribution in [1.82, 2.24) is 5.32 Å². The number of benzene rings is 1. The quantitative estimate of drug-likeness (QED) is 0.469. The number of hydrogen-bond acceptors (Lipinski definition) is 8. The monoisotopic (exact) mass is 355 g/mol. The Labute approximate surface area is 144 Å². The molecule has 9 heteroatoms. The third kappa shape index (κ3) is 4.26. The van der Waals surface area contributed by atoms with E-state index >= 15 is 0 Å². The van der Waals surface area contributed by atoms with Crippen molar-refractivity contribution in [3.05, 3.63) is 23.8 Å². The van der Waals surface area contributed by atoms with E-state index in [0.29, 0.717) is 11.8 Å². The van der Waals surface area contributed by atoms with E-state index < -0.39 is 43.2 Å². The first kappa shape index (κ1) is 19.1. The zero-order valence-corrected chi connectivity index (χ0v) is 13.8. The number of amides is 1. The molecule has 25 heavy (non-hydrogen) atoms. The lowest BCUT2D eigenvalue weighted by Gasteiger charge is -2.42. The standard InChI is InChI=1S/C16H21NO8/c1-8(20)17-13-15(22)14(21)12(7-19)25-16(13)24-10-4-3-9(6-18)5-11(10)23-2/h3-6,12-16,19,21-22H,7H2,1-2H3,(H,17,20)/t12-,13-,14+,15+,16-/m1/s1. The highest BCUT2D eigenvalue weighted by Gasteiger charge is 2.46. The van der Waals surface area contributed by atoms with Crippen LogP contribution in [0.1, 0.15) is 17.3 Å². The first-order valence-corrected chi connectivity index (χ1v) is 7.60. The third-order valence-electron chi connectivity index (χ3n) is 3.82. The maximum absolute atomic E-state index is 11.4. The molecule has 1 aliphatic rings. The predicted octanol–water partition coefficient (Wildman–Crippen LogP) is -1.17. The Balaban J connectivity index is 2.29. The molecule has 1 saturated heterocycles. The Morgan fingerprint density at radius 3 is 2.60 bits per heavy atom. The molecule has 5 atom stereocenters. The minimum Gasteiger partial charge on any atom is -0.493 e. The first-order chi connectivity index (χ1) is 11.9. The zero-order valence-electron chi connectivity index (χ0n) is 13.8. The summed E-state index contributed by atoms with van der Waals surface area (Å²) >= 11 is 0. The molecule has 1 aromatic rings. The van der Waals surface area contributed by atoms with Gasteiger partial charge < -0.3 is 34.8 Å². The summed E-state index contributed by atoms with van der Waals surface area (Å²) in [6, 6.07) is 3.34. The second kappa shape index (κ2) is 8.26. The summed E-state index contributed by atoms with van der Waals surface area (Å²) in [5.41, 5.74) is 0.371. The molecule has 1 fully saturated rings. The Hall–Kier alpha value is -2.20. The van der Waals surface area contributed by atoms with E-state index in [2.05, 4.69) is 5.32 Å². The molecule has 0 bridgehead atoms. The van der Waals surface area contributed by atoms with Crippen LogP contribution in [-0.4, -0.2) is 71.9 Å².